The lowest BCUT2D eigenvalue weighted by Gasteiger charge is -2.10. The number of fused-ring (bicyclic) bond motifs is 1. The number of benzene rings is 2. The summed E-state index contributed by atoms with van der Waals surface area (Å²) >= 11 is 0. The molecule has 6 nitrogen and oxygen atoms in total. The largest absolute Gasteiger partial charge is 0.445 e. The van der Waals surface area contributed by atoms with Crippen LogP contribution in [-0.2, 0) is 22.7 Å². The fraction of sp³-hybridized carbons (Fsp3) is 0.273. The fourth-order valence-corrected chi connectivity index (χ4v) is 2.96. The average molecular weight is 379 g/mol. The van der Waals surface area contributed by atoms with Crippen molar-refractivity contribution in [2.24, 2.45) is 5.92 Å². The van der Waals surface area contributed by atoms with Gasteiger partial charge in [0, 0.05) is 29.3 Å². The minimum Gasteiger partial charge on any atom is -0.445 e. The van der Waals surface area contributed by atoms with Gasteiger partial charge in [0.15, 0.2) is 0 Å². The molecule has 0 saturated carbocycles. The summed E-state index contributed by atoms with van der Waals surface area (Å²) in [5, 5.41) is 6.32. The van der Waals surface area contributed by atoms with Crippen LogP contribution in [0.3, 0.4) is 0 Å². The van der Waals surface area contributed by atoms with E-state index in [0.29, 0.717) is 11.6 Å². The normalized spacial score (nSPS) is 10.8. The monoisotopic (exact) mass is 379 g/mol. The van der Waals surface area contributed by atoms with E-state index in [9.17, 15) is 9.59 Å². The number of nitrogens with zero attached hydrogens (tertiary/aromatic N) is 1. The molecule has 146 valence electrons. The maximum absolute atomic E-state index is 12.1. The molecule has 0 atom stereocenters. The highest BCUT2D eigenvalue weighted by molar-refractivity contribution is 5.96. The highest BCUT2D eigenvalue weighted by Crippen LogP contribution is 2.21. The summed E-state index contributed by atoms with van der Waals surface area (Å²) in [6, 6.07) is 17.2. The van der Waals surface area contributed by atoms with Crippen LogP contribution in [0.2, 0.25) is 0 Å². The summed E-state index contributed by atoms with van der Waals surface area (Å²) in [7, 11) is 0. The predicted octanol–water partition coefficient (Wildman–Crippen LogP) is 4.16. The van der Waals surface area contributed by atoms with Crippen LogP contribution in [-0.4, -0.2) is 23.1 Å². The van der Waals surface area contributed by atoms with E-state index in [2.05, 4.69) is 35.2 Å². The van der Waals surface area contributed by atoms with Crippen molar-refractivity contribution in [1.29, 1.82) is 0 Å². The van der Waals surface area contributed by atoms with Crippen molar-refractivity contribution in [2.45, 2.75) is 27.0 Å². The smallest absolute Gasteiger partial charge is 0.407 e. The number of ether oxygens (including phenoxy) is 1. The molecule has 0 saturated heterocycles. The van der Waals surface area contributed by atoms with Crippen LogP contribution in [0.1, 0.15) is 19.4 Å². The molecule has 0 aliphatic heterocycles. The van der Waals surface area contributed by atoms with Crippen molar-refractivity contribution in [3.8, 4) is 0 Å². The number of rotatable bonds is 7. The molecular formula is C22H25N3O3. The van der Waals surface area contributed by atoms with Gasteiger partial charge in [-0.1, -0.05) is 44.2 Å². The number of alkyl carbamates (subject to hydrolysis) is 1. The standard InChI is InChI=1S/C22H25N3O3/c1-16(2)14-25-11-10-18-12-19(8-9-20(18)25)24-21(26)13-23-22(27)28-15-17-6-4-3-5-7-17/h3-12,16H,13-15H2,1-2H3,(H,23,27)(H,24,26). The van der Waals surface area contributed by atoms with Crippen molar-refractivity contribution in [2.75, 3.05) is 11.9 Å². The zero-order valence-corrected chi connectivity index (χ0v) is 16.1. The molecule has 0 aliphatic rings. The Balaban J connectivity index is 1.48. The van der Waals surface area contributed by atoms with Gasteiger partial charge in [-0.25, -0.2) is 4.79 Å². The summed E-state index contributed by atoms with van der Waals surface area (Å²) in [6.45, 7) is 5.32. The van der Waals surface area contributed by atoms with Crippen molar-refractivity contribution in [1.82, 2.24) is 9.88 Å². The van der Waals surface area contributed by atoms with Gasteiger partial charge in [-0.05, 0) is 35.7 Å². The van der Waals surface area contributed by atoms with Gasteiger partial charge in [-0.3, -0.25) is 4.79 Å². The number of carbonyl (C=O) groups excluding carboxylic acids is 2. The lowest BCUT2D eigenvalue weighted by molar-refractivity contribution is -0.115. The average Bonchev–Trinajstić information content (AvgIpc) is 3.07. The maximum Gasteiger partial charge on any atom is 0.407 e. The van der Waals surface area contributed by atoms with Crippen LogP contribution in [0.25, 0.3) is 10.9 Å². The molecule has 0 aliphatic carbocycles. The Labute approximate surface area is 164 Å². The molecule has 2 amide bonds. The van der Waals surface area contributed by atoms with Gasteiger partial charge in [0.05, 0.1) is 0 Å². The Bertz CT molecular complexity index is 948. The Morgan fingerprint density at radius 1 is 1.07 bits per heavy atom. The molecule has 0 unspecified atom stereocenters. The highest BCUT2D eigenvalue weighted by atomic mass is 16.5. The molecule has 0 spiro atoms. The SMILES string of the molecule is CC(C)Cn1ccc2cc(NC(=O)CNC(=O)OCc3ccccc3)ccc21. The van der Waals surface area contributed by atoms with E-state index in [0.717, 1.165) is 23.0 Å². The van der Waals surface area contributed by atoms with Crippen molar-refractivity contribution >= 4 is 28.6 Å². The molecular weight excluding hydrogens is 354 g/mol. The lowest BCUT2D eigenvalue weighted by atomic mass is 10.2. The van der Waals surface area contributed by atoms with Gasteiger partial charge < -0.3 is 19.9 Å². The first-order valence-electron chi connectivity index (χ1n) is 9.34. The van der Waals surface area contributed by atoms with Gasteiger partial charge >= 0.3 is 6.09 Å². The number of aromatic nitrogens is 1. The number of amides is 2. The second-order valence-electron chi connectivity index (χ2n) is 7.10. The molecule has 0 radical (unpaired) electrons. The number of nitrogens with one attached hydrogen (secondary N) is 2. The number of anilines is 1. The van der Waals surface area contributed by atoms with Gasteiger partial charge in [0.1, 0.15) is 13.2 Å². The molecule has 1 aromatic heterocycles. The van der Waals surface area contributed by atoms with Crippen LogP contribution in [0.15, 0.2) is 60.8 Å². The Kier molecular flexibility index (Phi) is 6.32. The molecule has 1 heterocycles. The molecule has 2 N–H and O–H groups in total. The quantitative estimate of drug-likeness (QED) is 0.647. The van der Waals surface area contributed by atoms with E-state index in [1.165, 1.54) is 0 Å². The minimum absolute atomic E-state index is 0.153. The minimum atomic E-state index is -0.625. The second-order valence-corrected chi connectivity index (χ2v) is 7.10. The Morgan fingerprint density at radius 3 is 2.61 bits per heavy atom. The van der Waals surface area contributed by atoms with Crippen LogP contribution >= 0.6 is 0 Å². The third-order valence-corrected chi connectivity index (χ3v) is 4.22. The maximum atomic E-state index is 12.1. The molecule has 2 aromatic carbocycles. The van der Waals surface area contributed by atoms with E-state index < -0.39 is 6.09 Å². The first kappa shape index (κ1) is 19.5. The summed E-state index contributed by atoms with van der Waals surface area (Å²) in [5.74, 6) is 0.250. The third kappa shape index (κ3) is 5.36. The summed E-state index contributed by atoms with van der Waals surface area (Å²) in [4.78, 5) is 23.8. The molecule has 6 heteroatoms. The van der Waals surface area contributed by atoms with E-state index in [1.807, 2.05) is 54.6 Å². The van der Waals surface area contributed by atoms with Crippen LogP contribution < -0.4 is 10.6 Å². The first-order valence-corrected chi connectivity index (χ1v) is 9.34. The molecule has 3 rings (SSSR count). The van der Waals surface area contributed by atoms with E-state index >= 15 is 0 Å². The molecule has 28 heavy (non-hydrogen) atoms. The lowest BCUT2D eigenvalue weighted by Crippen LogP contribution is -2.33. The van der Waals surface area contributed by atoms with Gasteiger partial charge in [-0.2, -0.15) is 0 Å². The summed E-state index contributed by atoms with van der Waals surface area (Å²) in [6.07, 6.45) is 1.43. The van der Waals surface area contributed by atoms with Crippen LogP contribution in [0.4, 0.5) is 10.5 Å². The van der Waals surface area contributed by atoms with Crippen molar-refractivity contribution < 1.29 is 14.3 Å². The summed E-state index contributed by atoms with van der Waals surface area (Å²) < 4.78 is 7.29. The molecule has 3 aromatic rings. The summed E-state index contributed by atoms with van der Waals surface area (Å²) in [5.41, 5.74) is 2.72. The Morgan fingerprint density at radius 2 is 1.86 bits per heavy atom. The molecule has 0 bridgehead atoms. The number of hydrogen-bond acceptors (Lipinski definition) is 3. The fourth-order valence-electron chi connectivity index (χ4n) is 2.96. The van der Waals surface area contributed by atoms with Crippen LogP contribution in [0.5, 0.6) is 0 Å². The Hall–Kier alpha value is -3.28. The van der Waals surface area contributed by atoms with E-state index in [1.54, 1.807) is 0 Å². The first-order chi connectivity index (χ1) is 13.5. The third-order valence-electron chi connectivity index (χ3n) is 4.22. The van der Waals surface area contributed by atoms with Crippen LogP contribution in [0, 0.1) is 5.92 Å². The van der Waals surface area contributed by atoms with Crippen molar-refractivity contribution in [3.63, 3.8) is 0 Å². The molecule has 0 fully saturated rings. The second kappa shape index (κ2) is 9.08. The topological polar surface area (TPSA) is 72.4 Å². The predicted molar refractivity (Wildman–Crippen MR) is 110 cm³/mol. The number of carbonyl (C=O) groups is 2. The van der Waals surface area contributed by atoms with Gasteiger partial charge in [0.25, 0.3) is 0 Å². The van der Waals surface area contributed by atoms with Crippen molar-refractivity contribution in [3.05, 3.63) is 66.4 Å². The van der Waals surface area contributed by atoms with Gasteiger partial charge in [-0.15, -0.1) is 0 Å². The zero-order chi connectivity index (χ0) is 19.9. The van der Waals surface area contributed by atoms with E-state index in [-0.39, 0.29) is 19.1 Å². The zero-order valence-electron chi connectivity index (χ0n) is 16.1. The van der Waals surface area contributed by atoms with E-state index in [4.69, 9.17) is 4.74 Å². The highest BCUT2D eigenvalue weighted by Gasteiger charge is 2.09. The number of hydrogen-bond donors (Lipinski definition) is 2. The van der Waals surface area contributed by atoms with Gasteiger partial charge in [0.2, 0.25) is 5.91 Å².